The Morgan fingerprint density at radius 2 is 1.89 bits per heavy atom. The predicted octanol–water partition coefficient (Wildman–Crippen LogP) is -2.38. The summed E-state index contributed by atoms with van der Waals surface area (Å²) in [5.74, 6) is -1.68. The number of amides is 2. The Morgan fingerprint density at radius 3 is 2.28 bits per heavy atom. The first-order valence-electron chi connectivity index (χ1n) is 4.99. The van der Waals surface area contributed by atoms with Crippen molar-refractivity contribution < 1.29 is 28.2 Å². The maximum Gasteiger partial charge on any atom is 0.328 e. The maximum absolute atomic E-state index is 11.3. The van der Waals surface area contributed by atoms with Gasteiger partial charge in [0.1, 0.15) is 0 Å². The molecule has 0 heterocycles. The highest BCUT2D eigenvalue weighted by atomic mass is 32.2. The number of aliphatic carboxylic acids is 1. The molecule has 0 saturated heterocycles. The molecule has 0 aromatic carbocycles. The maximum atomic E-state index is 11.3. The smallest absolute Gasteiger partial charge is 0.328 e. The van der Waals surface area contributed by atoms with Gasteiger partial charge >= 0.3 is 12.0 Å². The zero-order chi connectivity index (χ0) is 14.3. The van der Waals surface area contributed by atoms with Crippen molar-refractivity contribution in [3.05, 3.63) is 0 Å². The van der Waals surface area contributed by atoms with Crippen LogP contribution >= 0.6 is 0 Å². The van der Waals surface area contributed by atoms with Crippen molar-refractivity contribution in [3.8, 4) is 0 Å². The van der Waals surface area contributed by atoms with E-state index >= 15 is 0 Å². The quantitative estimate of drug-likeness (QED) is 0.412. The molecule has 0 rings (SSSR count). The largest absolute Gasteiger partial charge is 0.480 e. The van der Waals surface area contributed by atoms with Gasteiger partial charge in [-0.05, 0) is 0 Å². The topological polar surface area (TPSA) is 136 Å². The van der Waals surface area contributed by atoms with Crippen LogP contribution in [-0.2, 0) is 14.8 Å². The van der Waals surface area contributed by atoms with Gasteiger partial charge in [0.05, 0.1) is 12.4 Å². The van der Waals surface area contributed by atoms with E-state index in [9.17, 15) is 18.0 Å². The number of carbonyl (C=O) groups excluding carboxylic acids is 1. The number of nitrogens with one attached hydrogen (secondary N) is 2. The van der Waals surface area contributed by atoms with Crippen molar-refractivity contribution in [3.63, 3.8) is 0 Å². The second kappa shape index (κ2) is 7.13. The van der Waals surface area contributed by atoms with Crippen molar-refractivity contribution in [1.82, 2.24) is 14.9 Å². The Labute approximate surface area is 105 Å². The minimum Gasteiger partial charge on any atom is -0.480 e. The van der Waals surface area contributed by atoms with Crippen molar-refractivity contribution >= 4 is 22.0 Å². The minimum absolute atomic E-state index is 0.163. The number of nitrogens with zero attached hydrogens (tertiary/aromatic N) is 1. The van der Waals surface area contributed by atoms with Crippen molar-refractivity contribution in [2.45, 2.75) is 6.04 Å². The van der Waals surface area contributed by atoms with Crippen molar-refractivity contribution in [2.24, 2.45) is 0 Å². The van der Waals surface area contributed by atoms with Crippen LogP contribution in [0.25, 0.3) is 0 Å². The number of sulfonamides is 1. The predicted molar refractivity (Wildman–Crippen MR) is 62.5 cm³/mol. The van der Waals surface area contributed by atoms with E-state index in [1.165, 1.54) is 14.1 Å². The van der Waals surface area contributed by atoms with E-state index in [1.807, 2.05) is 5.32 Å². The summed E-state index contributed by atoms with van der Waals surface area (Å²) in [6.07, 6.45) is 0. The average Bonchev–Trinajstić information content (AvgIpc) is 2.24. The van der Waals surface area contributed by atoms with Crippen LogP contribution in [0.3, 0.4) is 0 Å². The number of urea groups is 1. The first-order valence-corrected chi connectivity index (χ1v) is 6.60. The van der Waals surface area contributed by atoms with Crippen LogP contribution < -0.4 is 10.6 Å². The van der Waals surface area contributed by atoms with Gasteiger partial charge in [-0.3, -0.25) is 0 Å². The molecule has 0 spiro atoms. The summed E-state index contributed by atoms with van der Waals surface area (Å²) >= 11 is 0. The lowest BCUT2D eigenvalue weighted by Crippen LogP contribution is -2.48. The lowest BCUT2D eigenvalue weighted by molar-refractivity contribution is -0.140. The van der Waals surface area contributed by atoms with Crippen LogP contribution in [0.5, 0.6) is 0 Å². The molecule has 10 heteroatoms. The fourth-order valence-corrected chi connectivity index (χ4v) is 1.60. The Morgan fingerprint density at radius 1 is 1.33 bits per heavy atom. The molecule has 2 amide bonds. The highest BCUT2D eigenvalue weighted by molar-refractivity contribution is 7.89. The van der Waals surface area contributed by atoms with Crippen LogP contribution in [0.1, 0.15) is 0 Å². The van der Waals surface area contributed by atoms with E-state index in [4.69, 9.17) is 10.2 Å². The monoisotopic (exact) mass is 283 g/mol. The lowest BCUT2D eigenvalue weighted by atomic mass is 10.3. The van der Waals surface area contributed by atoms with Gasteiger partial charge < -0.3 is 20.8 Å². The molecule has 0 aliphatic carbocycles. The molecule has 4 N–H and O–H groups in total. The highest BCUT2D eigenvalue weighted by Crippen LogP contribution is 1.92. The standard InChI is InChI=1S/C8H17N3O6S/c1-11(2)18(16,17)4-3-9-8(15)10-6(5-12)7(13)14/h6,12H,3-5H2,1-2H3,(H,13,14)(H2,9,10,15). The molecule has 1 unspecified atom stereocenters. The van der Waals surface area contributed by atoms with Gasteiger partial charge in [0, 0.05) is 20.6 Å². The fraction of sp³-hybridized carbons (Fsp3) is 0.750. The molecule has 0 aliphatic rings. The number of rotatable bonds is 7. The second-order valence-electron chi connectivity index (χ2n) is 3.57. The molecule has 0 bridgehead atoms. The van der Waals surface area contributed by atoms with Crippen molar-refractivity contribution in [2.75, 3.05) is 33.0 Å². The number of aliphatic hydroxyl groups excluding tert-OH is 1. The van der Waals surface area contributed by atoms with Crippen LogP contribution in [0.2, 0.25) is 0 Å². The molecule has 0 aromatic rings. The third-order valence-corrected chi connectivity index (χ3v) is 3.82. The Hall–Kier alpha value is -1.39. The van der Waals surface area contributed by atoms with E-state index in [2.05, 4.69) is 5.32 Å². The second-order valence-corrected chi connectivity index (χ2v) is 5.87. The van der Waals surface area contributed by atoms with E-state index < -0.39 is 34.7 Å². The summed E-state index contributed by atoms with van der Waals surface area (Å²) in [4.78, 5) is 21.7. The first-order chi connectivity index (χ1) is 8.20. The first kappa shape index (κ1) is 16.6. The number of aliphatic hydroxyl groups is 1. The summed E-state index contributed by atoms with van der Waals surface area (Å²) in [7, 11) is -0.694. The fourth-order valence-electron chi connectivity index (χ4n) is 0.871. The van der Waals surface area contributed by atoms with Gasteiger partial charge in [-0.2, -0.15) is 0 Å². The van der Waals surface area contributed by atoms with Gasteiger partial charge in [0.25, 0.3) is 0 Å². The molecule has 0 radical (unpaired) electrons. The molecule has 0 aliphatic heterocycles. The van der Waals surface area contributed by atoms with Gasteiger partial charge in [-0.25, -0.2) is 22.3 Å². The van der Waals surface area contributed by atoms with Crippen LogP contribution in [0.15, 0.2) is 0 Å². The van der Waals surface area contributed by atoms with E-state index in [0.29, 0.717) is 0 Å². The molecule has 0 aromatic heterocycles. The van der Waals surface area contributed by atoms with Gasteiger partial charge in [-0.15, -0.1) is 0 Å². The number of hydrogen-bond acceptors (Lipinski definition) is 5. The molecule has 18 heavy (non-hydrogen) atoms. The molecular weight excluding hydrogens is 266 g/mol. The Balaban J connectivity index is 4.10. The summed E-state index contributed by atoms with van der Waals surface area (Å²) < 4.78 is 23.7. The number of carboxylic acid groups (broad SMARTS) is 1. The Kier molecular flexibility index (Phi) is 6.58. The number of carbonyl (C=O) groups is 2. The third-order valence-electron chi connectivity index (χ3n) is 1.99. The van der Waals surface area contributed by atoms with E-state index in [1.54, 1.807) is 0 Å². The normalized spacial score (nSPS) is 13.1. The van der Waals surface area contributed by atoms with Gasteiger partial charge in [0.2, 0.25) is 10.0 Å². The highest BCUT2D eigenvalue weighted by Gasteiger charge is 2.19. The summed E-state index contributed by atoms with van der Waals surface area (Å²) in [6, 6.07) is -2.28. The van der Waals surface area contributed by atoms with E-state index in [-0.39, 0.29) is 12.3 Å². The average molecular weight is 283 g/mol. The van der Waals surface area contributed by atoms with Crippen molar-refractivity contribution in [1.29, 1.82) is 0 Å². The van der Waals surface area contributed by atoms with Crippen LogP contribution in [0, 0.1) is 0 Å². The number of carboxylic acids is 1. The minimum atomic E-state index is -3.42. The van der Waals surface area contributed by atoms with Gasteiger partial charge in [-0.1, -0.05) is 0 Å². The number of hydrogen-bond donors (Lipinski definition) is 4. The Bertz CT molecular complexity index is 394. The van der Waals surface area contributed by atoms with Gasteiger partial charge in [0.15, 0.2) is 6.04 Å². The summed E-state index contributed by atoms with van der Waals surface area (Å²) in [6.45, 7) is -0.914. The molecule has 106 valence electrons. The summed E-state index contributed by atoms with van der Waals surface area (Å²) in [5.41, 5.74) is 0. The molecular formula is C8H17N3O6S. The molecule has 1 atom stereocenters. The van der Waals surface area contributed by atoms with Crippen LogP contribution in [-0.4, -0.2) is 74.0 Å². The zero-order valence-electron chi connectivity index (χ0n) is 10.1. The SMILES string of the molecule is CN(C)S(=O)(=O)CCNC(=O)NC(CO)C(=O)O. The van der Waals surface area contributed by atoms with E-state index in [0.717, 1.165) is 4.31 Å². The lowest BCUT2D eigenvalue weighted by Gasteiger charge is -2.14. The molecule has 0 saturated carbocycles. The molecule has 0 fully saturated rings. The third kappa shape index (κ3) is 5.80. The van der Waals surface area contributed by atoms with Crippen LogP contribution in [0.4, 0.5) is 4.79 Å². The zero-order valence-corrected chi connectivity index (χ0v) is 10.9. The summed E-state index contributed by atoms with van der Waals surface area (Å²) in [5, 5.41) is 21.3. The molecule has 9 nitrogen and oxygen atoms in total.